The van der Waals surface area contributed by atoms with Gasteiger partial charge in [-0.25, -0.2) is 14.6 Å². The molecule has 2 aromatic carbocycles. The minimum absolute atomic E-state index is 0.269. The van der Waals surface area contributed by atoms with Gasteiger partial charge in [-0.2, -0.15) is 0 Å². The quantitative estimate of drug-likeness (QED) is 0.458. The van der Waals surface area contributed by atoms with E-state index in [-0.39, 0.29) is 5.91 Å². The van der Waals surface area contributed by atoms with Crippen molar-refractivity contribution in [3.8, 4) is 5.75 Å². The molecule has 166 valence electrons. The zero-order chi connectivity index (χ0) is 23.1. The van der Waals surface area contributed by atoms with Gasteiger partial charge in [0.25, 0.3) is 5.91 Å². The second-order valence-electron chi connectivity index (χ2n) is 6.67. The summed E-state index contributed by atoms with van der Waals surface area (Å²) in [7, 11) is 0. The Labute approximate surface area is 189 Å². The molecule has 2 aromatic rings. The van der Waals surface area contributed by atoms with E-state index in [2.05, 4.69) is 10.3 Å². The third-order valence-corrected chi connectivity index (χ3v) is 5.27. The maximum Gasteiger partial charge on any atom is 0.344 e. The van der Waals surface area contributed by atoms with Crippen molar-refractivity contribution < 1.29 is 29.0 Å². The number of carbonyl (C=O) groups excluding carboxylic acids is 2. The molecule has 3 rings (SSSR count). The number of carboxylic acids is 1. The van der Waals surface area contributed by atoms with E-state index in [1.165, 1.54) is 11.8 Å². The number of thioether (sulfide) groups is 1. The van der Waals surface area contributed by atoms with Gasteiger partial charge in [-0.05, 0) is 73.1 Å². The number of hydrogen-bond acceptors (Lipinski definition) is 7. The lowest BCUT2D eigenvalue weighted by Crippen LogP contribution is -2.25. The van der Waals surface area contributed by atoms with Gasteiger partial charge >= 0.3 is 11.9 Å². The molecule has 0 bridgehead atoms. The van der Waals surface area contributed by atoms with Crippen LogP contribution >= 0.6 is 11.8 Å². The Morgan fingerprint density at radius 2 is 1.81 bits per heavy atom. The summed E-state index contributed by atoms with van der Waals surface area (Å²) in [6, 6.07) is 13.4. The highest BCUT2D eigenvalue weighted by atomic mass is 32.2. The summed E-state index contributed by atoms with van der Waals surface area (Å²) in [5.74, 6) is -1.24. The largest absolute Gasteiger partial charge is 0.479 e. The first-order valence-electron chi connectivity index (χ1n) is 9.96. The second kappa shape index (κ2) is 10.6. The molecule has 32 heavy (non-hydrogen) atoms. The highest BCUT2D eigenvalue weighted by molar-refractivity contribution is 8.18. The molecule has 1 fully saturated rings. The first kappa shape index (κ1) is 23.1. The molecule has 0 aliphatic carbocycles. The van der Waals surface area contributed by atoms with E-state index >= 15 is 0 Å². The Bertz CT molecular complexity index is 1060. The number of esters is 1. The Morgan fingerprint density at radius 1 is 1.12 bits per heavy atom. The summed E-state index contributed by atoms with van der Waals surface area (Å²) < 4.78 is 10.4. The third-order valence-electron chi connectivity index (χ3n) is 4.36. The van der Waals surface area contributed by atoms with Crippen LogP contribution in [-0.4, -0.2) is 40.8 Å². The van der Waals surface area contributed by atoms with Crippen LogP contribution in [0.1, 0.15) is 36.2 Å². The summed E-state index contributed by atoms with van der Waals surface area (Å²) in [6.07, 6.45) is 1.16. The molecule has 1 heterocycles. The van der Waals surface area contributed by atoms with Gasteiger partial charge in [-0.3, -0.25) is 4.79 Å². The number of ether oxygens (including phenoxy) is 2. The molecular formula is C23H22N2O6S. The predicted octanol–water partition coefficient (Wildman–Crippen LogP) is 4.00. The minimum Gasteiger partial charge on any atom is -0.479 e. The molecule has 8 nitrogen and oxygen atoms in total. The van der Waals surface area contributed by atoms with E-state index in [4.69, 9.17) is 14.6 Å². The number of carbonyl (C=O) groups is 3. The van der Waals surface area contributed by atoms with Crippen LogP contribution in [0.25, 0.3) is 6.08 Å². The van der Waals surface area contributed by atoms with Crippen molar-refractivity contribution in [2.24, 2.45) is 4.99 Å². The van der Waals surface area contributed by atoms with Gasteiger partial charge in [-0.15, -0.1) is 0 Å². The molecule has 0 saturated carbocycles. The van der Waals surface area contributed by atoms with Gasteiger partial charge < -0.3 is 19.9 Å². The van der Waals surface area contributed by atoms with Gasteiger partial charge in [0.15, 0.2) is 11.3 Å². The van der Waals surface area contributed by atoms with Crippen LogP contribution in [0.2, 0.25) is 0 Å². The highest BCUT2D eigenvalue weighted by Crippen LogP contribution is 2.28. The Balaban J connectivity index is 1.67. The summed E-state index contributed by atoms with van der Waals surface area (Å²) in [5.41, 5.74) is 1.78. The number of aliphatic imine (C=N–C) groups is 1. The van der Waals surface area contributed by atoms with Crippen LogP contribution in [-0.2, 0) is 14.3 Å². The molecule has 1 saturated heterocycles. The molecule has 0 aromatic heterocycles. The van der Waals surface area contributed by atoms with E-state index in [0.717, 1.165) is 5.56 Å². The zero-order valence-corrected chi connectivity index (χ0v) is 18.3. The predicted molar refractivity (Wildman–Crippen MR) is 122 cm³/mol. The molecule has 9 heteroatoms. The molecule has 1 unspecified atom stereocenters. The molecule has 1 aliphatic rings. The number of amides is 1. The number of aliphatic carboxylic acids is 1. The van der Waals surface area contributed by atoms with E-state index in [1.807, 2.05) is 0 Å². The first-order valence-corrected chi connectivity index (χ1v) is 10.8. The fourth-order valence-corrected chi connectivity index (χ4v) is 3.59. The summed E-state index contributed by atoms with van der Waals surface area (Å²) in [5, 5.41) is 12.2. The zero-order valence-electron chi connectivity index (χ0n) is 17.5. The average molecular weight is 455 g/mol. The Hall–Kier alpha value is -3.59. The minimum atomic E-state index is -1.01. The van der Waals surface area contributed by atoms with Gasteiger partial charge in [0.2, 0.25) is 0 Å². The maximum atomic E-state index is 12.3. The summed E-state index contributed by atoms with van der Waals surface area (Å²) in [4.78, 5) is 40.0. The highest BCUT2D eigenvalue weighted by Gasteiger charge is 2.24. The molecular weight excluding hydrogens is 432 g/mol. The molecule has 1 aliphatic heterocycles. The average Bonchev–Trinajstić information content (AvgIpc) is 3.12. The standard InChI is InChI=1S/C23H22N2O6S/c1-3-18(21(27)28)31-17-11-5-14(6-12-17)13-19-20(26)25-23(32-19)24-16-9-7-15(8-10-16)22(29)30-4-2/h5-13,18H,3-4H2,1-2H3,(H,27,28)(H,24,25,26)/b19-13+. The lowest BCUT2D eigenvalue weighted by atomic mass is 10.2. The lowest BCUT2D eigenvalue weighted by molar-refractivity contribution is -0.145. The van der Waals surface area contributed by atoms with Crippen molar-refractivity contribution in [1.29, 1.82) is 0 Å². The normalized spacial score (nSPS) is 16.6. The van der Waals surface area contributed by atoms with Crippen LogP contribution in [0, 0.1) is 0 Å². The molecule has 0 radical (unpaired) electrons. The van der Waals surface area contributed by atoms with E-state index in [9.17, 15) is 14.4 Å². The van der Waals surface area contributed by atoms with Crippen LogP contribution in [0.15, 0.2) is 58.4 Å². The molecule has 1 amide bonds. The van der Waals surface area contributed by atoms with Crippen LogP contribution in [0.4, 0.5) is 5.69 Å². The number of carboxylic acid groups (broad SMARTS) is 1. The number of nitrogens with zero attached hydrogens (tertiary/aromatic N) is 1. The van der Waals surface area contributed by atoms with Gasteiger partial charge in [0.1, 0.15) is 5.75 Å². The number of amidine groups is 1. The number of hydrogen-bond donors (Lipinski definition) is 2. The van der Waals surface area contributed by atoms with Crippen LogP contribution < -0.4 is 10.1 Å². The monoisotopic (exact) mass is 454 g/mol. The van der Waals surface area contributed by atoms with Crippen molar-refractivity contribution in [3.63, 3.8) is 0 Å². The van der Waals surface area contributed by atoms with E-state index in [0.29, 0.717) is 40.1 Å². The fraction of sp³-hybridized carbons (Fsp3) is 0.217. The van der Waals surface area contributed by atoms with Gasteiger partial charge in [0.05, 0.1) is 22.8 Å². The second-order valence-corrected chi connectivity index (χ2v) is 7.70. The van der Waals surface area contributed by atoms with E-state index < -0.39 is 18.0 Å². The van der Waals surface area contributed by atoms with Crippen molar-refractivity contribution in [2.75, 3.05) is 6.61 Å². The Kier molecular flexibility index (Phi) is 7.67. The van der Waals surface area contributed by atoms with Gasteiger partial charge in [-0.1, -0.05) is 19.1 Å². The van der Waals surface area contributed by atoms with E-state index in [1.54, 1.807) is 68.5 Å². The number of nitrogens with one attached hydrogen (secondary N) is 1. The van der Waals surface area contributed by atoms with Crippen molar-refractivity contribution in [1.82, 2.24) is 5.32 Å². The first-order chi connectivity index (χ1) is 15.4. The SMILES string of the molecule is CCOC(=O)c1ccc(N=C2NC(=O)/C(=C\c3ccc(OC(CC)C(=O)O)cc3)S2)cc1. The maximum absolute atomic E-state index is 12.3. The fourth-order valence-electron chi connectivity index (χ4n) is 2.75. The van der Waals surface area contributed by atoms with Crippen LogP contribution in [0.5, 0.6) is 5.75 Å². The number of benzene rings is 2. The number of rotatable bonds is 8. The summed E-state index contributed by atoms with van der Waals surface area (Å²) >= 11 is 1.20. The van der Waals surface area contributed by atoms with Crippen LogP contribution in [0.3, 0.4) is 0 Å². The summed E-state index contributed by atoms with van der Waals surface area (Å²) in [6.45, 7) is 3.78. The topological polar surface area (TPSA) is 114 Å². The van der Waals surface area contributed by atoms with Crippen molar-refractivity contribution in [3.05, 3.63) is 64.6 Å². The smallest absolute Gasteiger partial charge is 0.344 e. The Morgan fingerprint density at radius 3 is 2.41 bits per heavy atom. The van der Waals surface area contributed by atoms with Crippen molar-refractivity contribution in [2.45, 2.75) is 26.4 Å². The third kappa shape index (κ3) is 5.98. The van der Waals surface area contributed by atoms with Gasteiger partial charge in [0, 0.05) is 0 Å². The van der Waals surface area contributed by atoms with Crippen molar-refractivity contribution >= 4 is 46.5 Å². The lowest BCUT2D eigenvalue weighted by Gasteiger charge is -2.13. The molecule has 2 N–H and O–H groups in total. The molecule has 0 spiro atoms. The molecule has 1 atom stereocenters.